The molecule has 0 rings (SSSR count). The van der Waals surface area contributed by atoms with Crippen LogP contribution in [0.4, 0.5) is 13.2 Å². The number of carbonyl (C=O) groups excluding carboxylic acids is 1. The molecule has 0 spiro atoms. The smallest absolute Gasteiger partial charge is 0.362 e. The fourth-order valence-electron chi connectivity index (χ4n) is 1.19. The second kappa shape index (κ2) is 6.70. The molecule has 0 aliphatic carbocycles. The van der Waals surface area contributed by atoms with Crippen molar-refractivity contribution in [2.45, 2.75) is 38.5 Å². The molecule has 0 heterocycles. The van der Waals surface area contributed by atoms with Crippen molar-refractivity contribution in [3.63, 3.8) is 0 Å². The van der Waals surface area contributed by atoms with Crippen molar-refractivity contribution >= 4 is 5.91 Å². The minimum Gasteiger partial charge on any atom is -0.362 e. The summed E-state index contributed by atoms with van der Waals surface area (Å²) < 4.78 is 39.2. The van der Waals surface area contributed by atoms with Crippen molar-refractivity contribution in [1.82, 2.24) is 5.32 Å². The van der Waals surface area contributed by atoms with Crippen LogP contribution in [-0.2, 0) is 9.53 Å². The Morgan fingerprint density at radius 1 is 1.44 bits per heavy atom. The zero-order valence-electron chi connectivity index (χ0n) is 9.30. The van der Waals surface area contributed by atoms with Crippen LogP contribution in [0.1, 0.15) is 20.3 Å². The Balaban J connectivity index is 3.66. The number of nitrogens with two attached hydrogens (primary N) is 1. The Morgan fingerprint density at radius 3 is 2.44 bits per heavy atom. The number of hydrogen-bond donors (Lipinski definition) is 2. The molecule has 2 atom stereocenters. The molecule has 96 valence electrons. The molecular weight excluding hydrogens is 225 g/mol. The third-order valence-corrected chi connectivity index (χ3v) is 1.63. The van der Waals surface area contributed by atoms with Gasteiger partial charge in [-0.1, -0.05) is 0 Å². The molecule has 3 N–H and O–H groups in total. The zero-order chi connectivity index (χ0) is 12.8. The van der Waals surface area contributed by atoms with Crippen LogP contribution in [0.2, 0.25) is 0 Å². The number of rotatable bonds is 6. The van der Waals surface area contributed by atoms with E-state index in [1.54, 1.807) is 13.8 Å². The summed E-state index contributed by atoms with van der Waals surface area (Å²) in [6, 6.07) is -0.256. The van der Waals surface area contributed by atoms with Gasteiger partial charge in [-0.25, -0.2) is 0 Å². The maximum Gasteiger partial charge on any atom is 0.411 e. The van der Waals surface area contributed by atoms with Crippen LogP contribution in [0.3, 0.4) is 0 Å². The number of nitrogens with one attached hydrogen (secondary N) is 1. The first-order chi connectivity index (χ1) is 7.20. The van der Waals surface area contributed by atoms with Crippen LogP contribution < -0.4 is 11.1 Å². The van der Waals surface area contributed by atoms with E-state index in [-0.39, 0.29) is 12.1 Å². The SMILES string of the molecule is CC(N)CC(C)NC(=O)COCC(F)(F)F. The number of halogens is 3. The summed E-state index contributed by atoms with van der Waals surface area (Å²) in [6.07, 6.45) is -3.84. The average Bonchev–Trinajstić information content (AvgIpc) is 1.98. The van der Waals surface area contributed by atoms with Crippen LogP contribution in [0, 0.1) is 0 Å². The van der Waals surface area contributed by atoms with Gasteiger partial charge < -0.3 is 15.8 Å². The zero-order valence-corrected chi connectivity index (χ0v) is 9.30. The molecule has 0 aromatic rings. The van der Waals surface area contributed by atoms with Gasteiger partial charge in [-0.15, -0.1) is 0 Å². The largest absolute Gasteiger partial charge is 0.411 e. The highest BCUT2D eigenvalue weighted by Crippen LogP contribution is 2.14. The molecule has 0 aromatic carbocycles. The highest BCUT2D eigenvalue weighted by molar-refractivity contribution is 5.77. The van der Waals surface area contributed by atoms with Crippen LogP contribution in [0.25, 0.3) is 0 Å². The summed E-state index contributed by atoms with van der Waals surface area (Å²) in [4.78, 5) is 11.1. The summed E-state index contributed by atoms with van der Waals surface area (Å²) in [5.41, 5.74) is 5.49. The first kappa shape index (κ1) is 15.2. The molecule has 0 saturated carbocycles. The number of carbonyl (C=O) groups is 1. The second-order valence-corrected chi connectivity index (χ2v) is 3.79. The Labute approximate surface area is 92.3 Å². The Hall–Kier alpha value is -0.820. The standard InChI is InChI=1S/C9H17F3N2O2/c1-6(13)3-7(2)14-8(15)4-16-5-9(10,11)12/h6-7H,3-5,13H2,1-2H3,(H,14,15). The molecular formula is C9H17F3N2O2. The predicted molar refractivity (Wildman–Crippen MR) is 52.7 cm³/mol. The fourth-order valence-corrected chi connectivity index (χ4v) is 1.19. The molecule has 0 aromatic heterocycles. The second-order valence-electron chi connectivity index (χ2n) is 3.79. The van der Waals surface area contributed by atoms with E-state index >= 15 is 0 Å². The van der Waals surface area contributed by atoms with E-state index < -0.39 is 25.3 Å². The van der Waals surface area contributed by atoms with Gasteiger partial charge in [0.05, 0.1) is 0 Å². The third kappa shape index (κ3) is 9.72. The van der Waals surface area contributed by atoms with Crippen molar-refractivity contribution < 1.29 is 22.7 Å². The van der Waals surface area contributed by atoms with Crippen molar-refractivity contribution in [1.29, 1.82) is 0 Å². The first-order valence-electron chi connectivity index (χ1n) is 4.90. The van der Waals surface area contributed by atoms with Crippen molar-refractivity contribution in [3.8, 4) is 0 Å². The van der Waals surface area contributed by atoms with Gasteiger partial charge in [0.15, 0.2) is 0 Å². The molecule has 0 saturated heterocycles. The van der Waals surface area contributed by atoms with Gasteiger partial charge >= 0.3 is 6.18 Å². The molecule has 4 nitrogen and oxygen atoms in total. The molecule has 0 aliphatic heterocycles. The van der Waals surface area contributed by atoms with E-state index in [4.69, 9.17) is 5.73 Å². The van der Waals surface area contributed by atoms with Gasteiger partial charge in [-0.2, -0.15) is 13.2 Å². The van der Waals surface area contributed by atoms with Crippen molar-refractivity contribution in [2.75, 3.05) is 13.2 Å². The lowest BCUT2D eigenvalue weighted by atomic mass is 10.1. The lowest BCUT2D eigenvalue weighted by Crippen LogP contribution is -2.39. The van der Waals surface area contributed by atoms with Gasteiger partial charge in [0.1, 0.15) is 13.2 Å². The quantitative estimate of drug-likeness (QED) is 0.724. The monoisotopic (exact) mass is 242 g/mol. The molecule has 0 fully saturated rings. The summed E-state index contributed by atoms with van der Waals surface area (Å²) in [7, 11) is 0. The summed E-state index contributed by atoms with van der Waals surface area (Å²) in [5, 5.41) is 2.49. The summed E-state index contributed by atoms with van der Waals surface area (Å²) >= 11 is 0. The van der Waals surface area contributed by atoms with E-state index in [1.807, 2.05) is 0 Å². The van der Waals surface area contributed by atoms with Gasteiger partial charge in [0, 0.05) is 12.1 Å². The normalized spacial score (nSPS) is 15.6. The lowest BCUT2D eigenvalue weighted by Gasteiger charge is -2.16. The minimum absolute atomic E-state index is 0.0774. The fraction of sp³-hybridized carbons (Fsp3) is 0.889. The molecule has 0 aliphatic rings. The van der Waals surface area contributed by atoms with E-state index in [1.165, 1.54) is 0 Å². The lowest BCUT2D eigenvalue weighted by molar-refractivity contribution is -0.175. The van der Waals surface area contributed by atoms with Crippen molar-refractivity contribution in [2.24, 2.45) is 5.73 Å². The van der Waals surface area contributed by atoms with Crippen LogP contribution in [0.15, 0.2) is 0 Å². The predicted octanol–water partition coefficient (Wildman–Crippen LogP) is 0.807. The molecule has 2 unspecified atom stereocenters. The topological polar surface area (TPSA) is 64.3 Å². The third-order valence-electron chi connectivity index (χ3n) is 1.63. The Kier molecular flexibility index (Phi) is 6.35. The van der Waals surface area contributed by atoms with Gasteiger partial charge in [0.25, 0.3) is 0 Å². The minimum atomic E-state index is -4.41. The van der Waals surface area contributed by atoms with Gasteiger partial charge in [-0.3, -0.25) is 4.79 Å². The van der Waals surface area contributed by atoms with Crippen LogP contribution in [0.5, 0.6) is 0 Å². The Morgan fingerprint density at radius 2 is 2.00 bits per heavy atom. The number of ether oxygens (including phenoxy) is 1. The van der Waals surface area contributed by atoms with Crippen LogP contribution in [-0.4, -0.2) is 37.4 Å². The van der Waals surface area contributed by atoms with E-state index in [0.717, 1.165) is 0 Å². The van der Waals surface area contributed by atoms with Gasteiger partial charge in [0.2, 0.25) is 5.91 Å². The Bertz CT molecular complexity index is 219. The number of alkyl halides is 3. The van der Waals surface area contributed by atoms with Crippen molar-refractivity contribution in [3.05, 3.63) is 0 Å². The maximum absolute atomic E-state index is 11.7. The number of amides is 1. The van der Waals surface area contributed by atoms with Gasteiger partial charge in [-0.05, 0) is 20.3 Å². The molecule has 0 radical (unpaired) electrons. The number of hydrogen-bond acceptors (Lipinski definition) is 3. The van der Waals surface area contributed by atoms with E-state index in [2.05, 4.69) is 10.1 Å². The highest BCUT2D eigenvalue weighted by Gasteiger charge is 2.27. The van der Waals surface area contributed by atoms with E-state index in [9.17, 15) is 18.0 Å². The molecule has 0 bridgehead atoms. The van der Waals surface area contributed by atoms with E-state index in [0.29, 0.717) is 6.42 Å². The molecule has 16 heavy (non-hydrogen) atoms. The molecule has 1 amide bonds. The first-order valence-corrected chi connectivity index (χ1v) is 4.90. The highest BCUT2D eigenvalue weighted by atomic mass is 19.4. The summed E-state index contributed by atoms with van der Waals surface area (Å²) in [5.74, 6) is -0.572. The van der Waals surface area contributed by atoms with Crippen LogP contribution >= 0.6 is 0 Å². The average molecular weight is 242 g/mol. The summed E-state index contributed by atoms with van der Waals surface area (Å²) in [6.45, 7) is 1.50. The molecule has 7 heteroatoms. The maximum atomic E-state index is 11.7.